The molecule has 2 N–H and O–H groups in total. The van der Waals surface area contributed by atoms with E-state index in [2.05, 4.69) is 22.8 Å². The van der Waals surface area contributed by atoms with E-state index in [9.17, 15) is 0 Å². The molecule has 2 aliphatic rings. The van der Waals surface area contributed by atoms with Gasteiger partial charge in [-0.15, -0.1) is 0 Å². The molecule has 0 aliphatic carbocycles. The molecule has 2 aliphatic heterocycles. The molecule has 2 heteroatoms. The first-order valence-electron chi connectivity index (χ1n) is 3.52. The van der Waals surface area contributed by atoms with E-state index in [1.54, 1.807) is 0 Å². The molecule has 50 valence electrons. The van der Waals surface area contributed by atoms with E-state index in [1.165, 1.54) is 6.42 Å². The summed E-state index contributed by atoms with van der Waals surface area (Å²) in [4.78, 5) is 0. The van der Waals surface area contributed by atoms with Crippen molar-refractivity contribution in [3.63, 3.8) is 0 Å². The average Bonchev–Trinajstić information content (AvgIpc) is 1.87. The highest BCUT2D eigenvalue weighted by molar-refractivity contribution is 5.10. The number of rotatable bonds is 0. The van der Waals surface area contributed by atoms with Crippen molar-refractivity contribution in [2.45, 2.75) is 12.0 Å². The van der Waals surface area contributed by atoms with E-state index >= 15 is 0 Å². The maximum atomic E-state index is 3.48. The lowest BCUT2D eigenvalue weighted by Gasteiger charge is -2.44. The second kappa shape index (κ2) is 1.82. The van der Waals surface area contributed by atoms with Crippen LogP contribution in [0.4, 0.5) is 0 Å². The van der Waals surface area contributed by atoms with Crippen LogP contribution in [0.5, 0.6) is 0 Å². The highest BCUT2D eigenvalue weighted by Crippen LogP contribution is 2.18. The smallest absolute Gasteiger partial charge is 0.0469 e. The lowest BCUT2D eigenvalue weighted by molar-refractivity contribution is 0.218. The third kappa shape index (κ3) is 0.787. The second-order valence-electron chi connectivity index (χ2n) is 2.94. The molecule has 1 spiro atoms. The SMILES string of the molecule is C1=CCC2(CNC2)NC1. The normalized spacial score (nSPS) is 30.2. The molecular formula is C7H12N2. The van der Waals surface area contributed by atoms with Crippen molar-refractivity contribution in [3.8, 4) is 0 Å². The molecule has 9 heavy (non-hydrogen) atoms. The molecule has 0 bridgehead atoms. The van der Waals surface area contributed by atoms with Crippen LogP contribution in [-0.4, -0.2) is 25.2 Å². The quantitative estimate of drug-likeness (QED) is 0.440. The number of nitrogens with one attached hydrogen (secondary N) is 2. The predicted octanol–water partition coefficient (Wildman–Crippen LogP) is -0.122. The molecule has 1 fully saturated rings. The van der Waals surface area contributed by atoms with Crippen LogP contribution in [0, 0.1) is 0 Å². The Bertz CT molecular complexity index is 136. The molecule has 0 atom stereocenters. The van der Waals surface area contributed by atoms with Crippen LogP contribution < -0.4 is 10.6 Å². The first-order chi connectivity index (χ1) is 4.41. The van der Waals surface area contributed by atoms with Gasteiger partial charge in [0.15, 0.2) is 0 Å². The lowest BCUT2D eigenvalue weighted by Crippen LogP contribution is -2.68. The Morgan fingerprint density at radius 1 is 1.22 bits per heavy atom. The fraction of sp³-hybridized carbons (Fsp3) is 0.714. The van der Waals surface area contributed by atoms with Crippen LogP contribution in [0.15, 0.2) is 12.2 Å². The van der Waals surface area contributed by atoms with Crippen LogP contribution in [0.2, 0.25) is 0 Å². The van der Waals surface area contributed by atoms with Crippen molar-refractivity contribution in [3.05, 3.63) is 12.2 Å². The molecule has 0 radical (unpaired) electrons. The minimum Gasteiger partial charge on any atom is -0.313 e. The van der Waals surface area contributed by atoms with Crippen molar-refractivity contribution in [1.82, 2.24) is 10.6 Å². The van der Waals surface area contributed by atoms with Gasteiger partial charge in [0.05, 0.1) is 0 Å². The van der Waals surface area contributed by atoms with Crippen molar-refractivity contribution >= 4 is 0 Å². The molecule has 0 saturated carbocycles. The summed E-state index contributed by atoms with van der Waals surface area (Å²) in [5.74, 6) is 0. The van der Waals surface area contributed by atoms with Gasteiger partial charge in [-0.05, 0) is 6.42 Å². The third-order valence-electron chi connectivity index (χ3n) is 2.20. The molecule has 1 saturated heterocycles. The number of hydrogen-bond acceptors (Lipinski definition) is 2. The summed E-state index contributed by atoms with van der Waals surface area (Å²) < 4.78 is 0. The molecule has 0 amide bonds. The Labute approximate surface area is 55.3 Å². The Hall–Kier alpha value is -0.340. The van der Waals surface area contributed by atoms with Gasteiger partial charge in [-0.25, -0.2) is 0 Å². The second-order valence-corrected chi connectivity index (χ2v) is 2.94. The monoisotopic (exact) mass is 124 g/mol. The fourth-order valence-electron chi connectivity index (χ4n) is 1.44. The summed E-state index contributed by atoms with van der Waals surface area (Å²) >= 11 is 0. The summed E-state index contributed by atoms with van der Waals surface area (Å²) in [7, 11) is 0. The third-order valence-corrected chi connectivity index (χ3v) is 2.20. The van der Waals surface area contributed by atoms with E-state index in [1.807, 2.05) is 0 Å². The Morgan fingerprint density at radius 2 is 2.11 bits per heavy atom. The predicted molar refractivity (Wildman–Crippen MR) is 37.4 cm³/mol. The van der Waals surface area contributed by atoms with Crippen LogP contribution in [0.1, 0.15) is 6.42 Å². The standard InChI is InChI=1S/C7H12N2/c1-2-4-9-7(3-1)5-8-6-7/h1-2,8-9H,3-6H2. The molecule has 2 heterocycles. The Balaban J connectivity index is 2.04. The molecule has 0 aromatic carbocycles. The van der Waals surface area contributed by atoms with E-state index in [-0.39, 0.29) is 0 Å². The largest absolute Gasteiger partial charge is 0.313 e. The fourth-order valence-corrected chi connectivity index (χ4v) is 1.44. The van der Waals surface area contributed by atoms with Gasteiger partial charge in [0.25, 0.3) is 0 Å². The van der Waals surface area contributed by atoms with Crippen molar-refractivity contribution < 1.29 is 0 Å². The highest BCUT2D eigenvalue weighted by atomic mass is 15.1. The van der Waals surface area contributed by atoms with Crippen molar-refractivity contribution in [2.75, 3.05) is 19.6 Å². The minimum absolute atomic E-state index is 0.453. The van der Waals surface area contributed by atoms with E-state index in [0.717, 1.165) is 19.6 Å². The molecule has 0 aromatic rings. The molecule has 0 unspecified atom stereocenters. The Morgan fingerprint density at radius 3 is 2.44 bits per heavy atom. The van der Waals surface area contributed by atoms with Gasteiger partial charge in [-0.2, -0.15) is 0 Å². The van der Waals surface area contributed by atoms with Crippen LogP contribution in [0.3, 0.4) is 0 Å². The zero-order valence-corrected chi connectivity index (χ0v) is 5.48. The minimum atomic E-state index is 0.453. The number of hydrogen-bond donors (Lipinski definition) is 2. The summed E-state index contributed by atoms with van der Waals surface area (Å²) in [6.07, 6.45) is 5.68. The topological polar surface area (TPSA) is 24.1 Å². The first kappa shape index (κ1) is 5.45. The van der Waals surface area contributed by atoms with E-state index in [0.29, 0.717) is 5.54 Å². The van der Waals surface area contributed by atoms with E-state index < -0.39 is 0 Å². The molecular weight excluding hydrogens is 112 g/mol. The summed E-state index contributed by atoms with van der Waals surface area (Å²) in [5.41, 5.74) is 0.453. The van der Waals surface area contributed by atoms with Gasteiger partial charge in [0.1, 0.15) is 0 Å². The van der Waals surface area contributed by atoms with Gasteiger partial charge in [-0.1, -0.05) is 12.2 Å². The van der Waals surface area contributed by atoms with E-state index in [4.69, 9.17) is 0 Å². The maximum Gasteiger partial charge on any atom is 0.0469 e. The van der Waals surface area contributed by atoms with Crippen LogP contribution >= 0.6 is 0 Å². The van der Waals surface area contributed by atoms with Crippen molar-refractivity contribution in [1.29, 1.82) is 0 Å². The highest BCUT2D eigenvalue weighted by Gasteiger charge is 2.35. The average molecular weight is 124 g/mol. The first-order valence-corrected chi connectivity index (χ1v) is 3.52. The molecule has 2 rings (SSSR count). The lowest BCUT2D eigenvalue weighted by atomic mass is 9.87. The molecule has 0 aromatic heterocycles. The van der Waals surface area contributed by atoms with Gasteiger partial charge < -0.3 is 10.6 Å². The maximum absolute atomic E-state index is 3.48. The zero-order valence-electron chi connectivity index (χ0n) is 5.48. The zero-order chi connectivity index (χ0) is 6.16. The van der Waals surface area contributed by atoms with Gasteiger partial charge in [0, 0.05) is 25.2 Å². The summed E-state index contributed by atoms with van der Waals surface area (Å²) in [5, 5.41) is 6.76. The van der Waals surface area contributed by atoms with Gasteiger partial charge in [-0.3, -0.25) is 0 Å². The van der Waals surface area contributed by atoms with Crippen molar-refractivity contribution in [2.24, 2.45) is 0 Å². The van der Waals surface area contributed by atoms with Gasteiger partial charge >= 0.3 is 0 Å². The van der Waals surface area contributed by atoms with Crippen LogP contribution in [0.25, 0.3) is 0 Å². The van der Waals surface area contributed by atoms with Gasteiger partial charge in [0.2, 0.25) is 0 Å². The molecule has 2 nitrogen and oxygen atoms in total. The summed E-state index contributed by atoms with van der Waals surface area (Å²) in [6, 6.07) is 0. The van der Waals surface area contributed by atoms with Crippen LogP contribution in [-0.2, 0) is 0 Å². The Kier molecular flexibility index (Phi) is 1.10. The summed E-state index contributed by atoms with van der Waals surface area (Å²) in [6.45, 7) is 3.36.